The van der Waals surface area contributed by atoms with Crippen LogP contribution >= 0.6 is 22.0 Å². The van der Waals surface area contributed by atoms with E-state index in [1.807, 2.05) is 0 Å². The van der Waals surface area contributed by atoms with E-state index in [-0.39, 0.29) is 27.6 Å². The van der Waals surface area contributed by atoms with Gasteiger partial charge in [0.25, 0.3) is 15.0 Å². The molecule has 0 bridgehead atoms. The first-order valence-corrected chi connectivity index (χ1v) is 10.6. The van der Waals surface area contributed by atoms with E-state index in [2.05, 4.69) is 0 Å². The van der Waals surface area contributed by atoms with Gasteiger partial charge in [-0.3, -0.25) is 4.79 Å². The average Bonchev–Trinajstić information content (AvgIpc) is 2.65. The van der Waals surface area contributed by atoms with Crippen LogP contribution in [0.25, 0.3) is 0 Å². The second-order valence-corrected chi connectivity index (χ2v) is 10.3. The molecule has 1 aromatic rings. The van der Waals surface area contributed by atoms with Crippen molar-refractivity contribution in [1.82, 2.24) is 4.90 Å². The van der Waals surface area contributed by atoms with E-state index in [4.69, 9.17) is 10.7 Å². The molecule has 0 saturated heterocycles. The molecule has 0 spiro atoms. The predicted molar refractivity (Wildman–Crippen MR) is 78.8 cm³/mol. The summed E-state index contributed by atoms with van der Waals surface area (Å²) in [5, 5.41) is 1.41. The van der Waals surface area contributed by atoms with Crippen molar-refractivity contribution in [2.75, 3.05) is 25.6 Å². The number of carbonyl (C=O) groups is 1. The van der Waals surface area contributed by atoms with Crippen LogP contribution in [0.4, 0.5) is 0 Å². The third-order valence-electron chi connectivity index (χ3n) is 2.59. The van der Waals surface area contributed by atoms with Crippen LogP contribution in [0.1, 0.15) is 15.9 Å². The maximum atomic E-state index is 12.1. The zero-order valence-corrected chi connectivity index (χ0v) is 14.3. The van der Waals surface area contributed by atoms with Crippen molar-refractivity contribution < 1.29 is 21.6 Å². The summed E-state index contributed by atoms with van der Waals surface area (Å²) in [6.07, 6.45) is 1.08. The van der Waals surface area contributed by atoms with Crippen LogP contribution in [-0.4, -0.2) is 53.2 Å². The minimum absolute atomic E-state index is 0.0376. The summed E-state index contributed by atoms with van der Waals surface area (Å²) in [4.78, 5) is 13.4. The standard InChI is InChI=1S/C10H14ClNO5S3/c1-7-8(6-18-10(7)20(11,16)17)9(13)12(2)4-5-19(3,14)15/h6H,4-5H2,1-3H3. The molecule has 1 heterocycles. The fourth-order valence-electron chi connectivity index (χ4n) is 1.46. The lowest BCUT2D eigenvalue weighted by atomic mass is 10.2. The highest BCUT2D eigenvalue weighted by atomic mass is 35.7. The van der Waals surface area contributed by atoms with Crippen LogP contribution in [-0.2, 0) is 18.9 Å². The molecule has 0 atom stereocenters. The first-order valence-electron chi connectivity index (χ1n) is 5.39. The van der Waals surface area contributed by atoms with Gasteiger partial charge >= 0.3 is 0 Å². The molecular weight excluding hydrogens is 346 g/mol. The third-order valence-corrected chi connectivity index (χ3v) is 6.82. The fraction of sp³-hybridized carbons (Fsp3) is 0.500. The highest BCUT2D eigenvalue weighted by molar-refractivity contribution is 8.15. The monoisotopic (exact) mass is 359 g/mol. The highest BCUT2D eigenvalue weighted by Crippen LogP contribution is 2.29. The average molecular weight is 360 g/mol. The second kappa shape index (κ2) is 6.00. The van der Waals surface area contributed by atoms with Crippen molar-refractivity contribution >= 4 is 46.8 Å². The molecule has 114 valence electrons. The zero-order chi connectivity index (χ0) is 15.7. The number of nitrogens with zero attached hydrogens (tertiary/aromatic N) is 1. The summed E-state index contributed by atoms with van der Waals surface area (Å²) >= 11 is 0.867. The maximum absolute atomic E-state index is 12.1. The molecule has 0 aliphatic heterocycles. The normalized spacial score (nSPS) is 12.4. The number of hydrogen-bond donors (Lipinski definition) is 0. The Morgan fingerprint density at radius 2 is 1.90 bits per heavy atom. The molecule has 0 aliphatic carbocycles. The van der Waals surface area contributed by atoms with Gasteiger partial charge in [-0.1, -0.05) is 0 Å². The van der Waals surface area contributed by atoms with Crippen LogP contribution in [0.3, 0.4) is 0 Å². The van der Waals surface area contributed by atoms with Crippen molar-refractivity contribution in [2.24, 2.45) is 0 Å². The van der Waals surface area contributed by atoms with Gasteiger partial charge < -0.3 is 4.90 Å². The van der Waals surface area contributed by atoms with E-state index >= 15 is 0 Å². The van der Waals surface area contributed by atoms with Gasteiger partial charge in [0.05, 0.1) is 11.3 Å². The Morgan fingerprint density at radius 1 is 1.35 bits per heavy atom. The van der Waals surface area contributed by atoms with Crippen LogP contribution in [0.2, 0.25) is 0 Å². The number of rotatable bonds is 5. The van der Waals surface area contributed by atoms with E-state index in [0.29, 0.717) is 0 Å². The van der Waals surface area contributed by atoms with Gasteiger partial charge in [-0.2, -0.15) is 0 Å². The molecule has 0 N–H and O–H groups in total. The summed E-state index contributed by atoms with van der Waals surface area (Å²) < 4.78 is 44.6. The summed E-state index contributed by atoms with van der Waals surface area (Å²) in [6.45, 7) is 1.53. The molecule has 1 rings (SSSR count). The summed E-state index contributed by atoms with van der Waals surface area (Å²) in [5.74, 6) is -0.590. The largest absolute Gasteiger partial charge is 0.341 e. The Kier molecular flexibility index (Phi) is 5.23. The first kappa shape index (κ1) is 17.4. The first-order chi connectivity index (χ1) is 8.93. The van der Waals surface area contributed by atoms with Crippen LogP contribution in [0.15, 0.2) is 9.59 Å². The van der Waals surface area contributed by atoms with Gasteiger partial charge in [0, 0.05) is 35.9 Å². The Hall–Kier alpha value is -0.640. The molecule has 0 unspecified atom stereocenters. The Balaban J connectivity index is 2.97. The lowest BCUT2D eigenvalue weighted by Gasteiger charge is -2.16. The molecule has 6 nitrogen and oxygen atoms in total. The molecular formula is C10H14ClNO5S3. The number of hydrogen-bond acceptors (Lipinski definition) is 6. The van der Waals surface area contributed by atoms with Crippen molar-refractivity contribution in [3.8, 4) is 0 Å². The number of thiophene rings is 1. The molecule has 0 aliphatic rings. The zero-order valence-electron chi connectivity index (χ0n) is 11.1. The minimum atomic E-state index is -3.88. The SMILES string of the molecule is Cc1c(C(=O)N(C)CCS(C)(=O)=O)csc1S(=O)(=O)Cl. The van der Waals surface area contributed by atoms with Gasteiger partial charge in [0.1, 0.15) is 14.0 Å². The molecule has 0 aromatic carbocycles. The van der Waals surface area contributed by atoms with Crippen molar-refractivity contribution in [1.29, 1.82) is 0 Å². The lowest BCUT2D eigenvalue weighted by molar-refractivity contribution is 0.0803. The third kappa shape index (κ3) is 4.44. The highest BCUT2D eigenvalue weighted by Gasteiger charge is 2.24. The number of halogens is 1. The van der Waals surface area contributed by atoms with Gasteiger partial charge in [-0.15, -0.1) is 11.3 Å². The molecule has 1 aromatic heterocycles. The second-order valence-electron chi connectivity index (χ2n) is 4.36. The predicted octanol–water partition coefficient (Wildman–Crippen LogP) is 1.10. The number of amides is 1. The molecule has 0 radical (unpaired) electrons. The molecule has 0 saturated carbocycles. The van der Waals surface area contributed by atoms with Crippen molar-refractivity contribution in [3.05, 3.63) is 16.5 Å². The van der Waals surface area contributed by atoms with Gasteiger partial charge in [0.2, 0.25) is 0 Å². The van der Waals surface area contributed by atoms with Gasteiger partial charge in [-0.25, -0.2) is 16.8 Å². The topological polar surface area (TPSA) is 88.6 Å². The molecule has 1 amide bonds. The maximum Gasteiger partial charge on any atom is 0.271 e. The Bertz CT molecular complexity index is 720. The lowest BCUT2D eigenvalue weighted by Crippen LogP contribution is -2.31. The van der Waals surface area contributed by atoms with Crippen LogP contribution in [0.5, 0.6) is 0 Å². The van der Waals surface area contributed by atoms with Crippen LogP contribution < -0.4 is 0 Å². The van der Waals surface area contributed by atoms with E-state index in [9.17, 15) is 21.6 Å². The smallest absolute Gasteiger partial charge is 0.271 e. The van der Waals surface area contributed by atoms with Gasteiger partial charge in [0.15, 0.2) is 0 Å². The Labute approximate surface area is 126 Å². The fourth-order valence-corrected chi connectivity index (χ4v) is 4.61. The van der Waals surface area contributed by atoms with Crippen LogP contribution in [0, 0.1) is 6.92 Å². The van der Waals surface area contributed by atoms with Crippen molar-refractivity contribution in [3.63, 3.8) is 0 Å². The molecule has 0 fully saturated rings. The van der Waals surface area contributed by atoms with Crippen molar-refractivity contribution in [2.45, 2.75) is 11.1 Å². The van der Waals surface area contributed by atoms with E-state index < -0.39 is 24.8 Å². The number of sulfone groups is 1. The Morgan fingerprint density at radius 3 is 2.30 bits per heavy atom. The van der Waals surface area contributed by atoms with E-state index in [1.165, 1.54) is 24.3 Å². The molecule has 10 heteroatoms. The van der Waals surface area contributed by atoms with E-state index in [0.717, 1.165) is 17.6 Å². The summed E-state index contributed by atoms with van der Waals surface area (Å²) in [5.41, 5.74) is 0.492. The summed E-state index contributed by atoms with van der Waals surface area (Å²) in [6, 6.07) is 0. The van der Waals surface area contributed by atoms with Gasteiger partial charge in [-0.05, 0) is 12.5 Å². The minimum Gasteiger partial charge on any atom is -0.341 e. The molecule has 20 heavy (non-hydrogen) atoms. The number of carbonyl (C=O) groups excluding carboxylic acids is 1. The van der Waals surface area contributed by atoms with E-state index in [1.54, 1.807) is 0 Å². The summed E-state index contributed by atoms with van der Waals surface area (Å²) in [7, 11) is -0.336. The quantitative estimate of drug-likeness (QED) is 0.734.